The molecule has 19 N–H and O–H groups in total. The van der Waals surface area contributed by atoms with Crippen molar-refractivity contribution >= 4 is 39.1 Å². The van der Waals surface area contributed by atoms with Gasteiger partial charge < -0.3 is 93.7 Å². The average Bonchev–Trinajstić information content (AvgIpc) is 1.64. The van der Waals surface area contributed by atoms with Gasteiger partial charge in [0.25, 0.3) is 33.4 Å². The second-order valence-electron chi connectivity index (χ2n) is 25.8. The molecule has 6 aliphatic rings. The summed E-state index contributed by atoms with van der Waals surface area (Å²) in [6, 6.07) is 4.55. The van der Waals surface area contributed by atoms with Gasteiger partial charge in [0.05, 0.1) is 39.6 Å². The lowest BCUT2D eigenvalue weighted by molar-refractivity contribution is -0.0670. The summed E-state index contributed by atoms with van der Waals surface area (Å²) in [4.78, 5) is 216. The van der Waals surface area contributed by atoms with Gasteiger partial charge in [-0.1, -0.05) is 0 Å². The van der Waals surface area contributed by atoms with Gasteiger partial charge in [0, 0.05) is 73.6 Å². The fourth-order valence-electron chi connectivity index (χ4n) is 12.7. The van der Waals surface area contributed by atoms with Gasteiger partial charge in [0.1, 0.15) is 110 Å². The number of aliphatic hydroxyl groups excluding tert-OH is 8. The zero-order valence-corrected chi connectivity index (χ0v) is 62.7. The first-order valence-electron chi connectivity index (χ1n) is 33.4. The Labute approximate surface area is 641 Å². The normalized spacial score (nSPS) is 33.8. The highest BCUT2D eigenvalue weighted by molar-refractivity contribution is 7.48. The summed E-state index contributed by atoms with van der Waals surface area (Å²) < 4.78 is 158. The highest BCUT2D eigenvalue weighted by Gasteiger charge is 2.58. The number of H-pyrrole nitrogens is 6. The Morgan fingerprint density at radius 3 is 0.641 bits per heavy atom. The van der Waals surface area contributed by atoms with E-state index in [1.54, 1.807) is 0 Å². The van der Waals surface area contributed by atoms with Crippen molar-refractivity contribution < 1.29 is 162 Å². The number of aliphatic hydroxyl groups is 8. The molecule has 0 saturated carbocycles. The second-order valence-corrected chi connectivity index (χ2v) is 32.8. The van der Waals surface area contributed by atoms with Crippen molar-refractivity contribution in [3.63, 3.8) is 0 Å². The summed E-state index contributed by atoms with van der Waals surface area (Å²) in [6.07, 6.45) is -47.5. The maximum Gasteiger partial charge on any atom is 0.472 e. The predicted octanol–water partition coefficient (Wildman–Crippen LogP) is -11.3. The van der Waals surface area contributed by atoms with Crippen LogP contribution in [0.1, 0.15) is 37.4 Å². The minimum absolute atomic E-state index is 0.439. The van der Waals surface area contributed by atoms with E-state index >= 15 is 0 Å². The van der Waals surface area contributed by atoms with Crippen molar-refractivity contribution in [2.24, 2.45) is 0 Å². The van der Waals surface area contributed by atoms with Crippen LogP contribution < -0.4 is 67.5 Å². The summed E-state index contributed by atoms with van der Waals surface area (Å²) in [5, 5.41) is 89.2. The Morgan fingerprint density at radius 2 is 0.444 bits per heavy atom. The monoisotopic (exact) mass is 1770 g/mol. The Balaban J connectivity index is 0.751. The molecule has 6 saturated heterocycles. The molecule has 6 aromatic rings. The number of ether oxygens (including phenoxy) is 6. The lowest BCUT2D eigenvalue weighted by atomic mass is 10.1. The van der Waals surface area contributed by atoms with Crippen LogP contribution in [0.4, 0.5) is 0 Å². The van der Waals surface area contributed by atoms with E-state index in [9.17, 15) is 146 Å². The SMILES string of the molecule is O=c1ccn([C@@H]2O[C@H](COP(=O)(O)O[C@H]3[C@@H](O)[C@H](n4ccc(=O)[nH]c4=O)O[C@@H]3COP(=O)(O)O[C@H]3[C@@H](O)[C@H](n4ccc(=O)[nH]c4=O)O[C@@H]3COP(=O)(O)O[C@H]3[C@@H](O)[C@H](n4ccc(=O)[nH]c4=O)O[C@@H]3COP(=O)(O)O[C@H]3[C@@H](O)[C@H](n4ccc(=O)[nH]c4=O)O[C@@H]3COP(=O)(O)O[C@H]3[C@@H](O)[C@H](n4ccc(=O)[nH]c4=O)O[C@@H]3CO)[C@@H](O)[C@H]2O)c(=O)[nH]1. The number of aromatic nitrogens is 12. The van der Waals surface area contributed by atoms with Gasteiger partial charge >= 0.3 is 73.3 Å². The molecule has 63 heteroatoms. The number of phosphoric ester groups is 5. The van der Waals surface area contributed by atoms with E-state index in [1.165, 1.54) is 0 Å². The Kier molecular flexibility index (Phi) is 26.5. The van der Waals surface area contributed by atoms with Crippen molar-refractivity contribution in [1.82, 2.24) is 57.3 Å². The number of hydrogen-bond donors (Lipinski definition) is 19. The Hall–Kier alpha value is -7.93. The third kappa shape index (κ3) is 19.9. The molecule has 0 amide bonds. The van der Waals surface area contributed by atoms with Crippen LogP contribution in [-0.2, 0) is 96.5 Å². The molecule has 5 unspecified atom stereocenters. The third-order valence-electron chi connectivity index (χ3n) is 18.1. The predicted molar refractivity (Wildman–Crippen MR) is 364 cm³/mol. The zero-order chi connectivity index (χ0) is 85.0. The molecule has 0 aliphatic carbocycles. The smallest absolute Gasteiger partial charge is 0.394 e. The number of aromatic amines is 6. The average molecular weight is 1780 g/mol. The van der Waals surface area contributed by atoms with Gasteiger partial charge in [-0.2, -0.15) is 0 Å². The van der Waals surface area contributed by atoms with E-state index in [1.807, 2.05) is 29.9 Å². The summed E-state index contributed by atoms with van der Waals surface area (Å²) in [5.74, 6) is 0. The number of rotatable bonds is 32. The van der Waals surface area contributed by atoms with Crippen molar-refractivity contribution in [3.8, 4) is 0 Å². The highest BCUT2D eigenvalue weighted by Crippen LogP contribution is 2.56. The van der Waals surface area contributed by atoms with Gasteiger partial charge in [-0.3, -0.25) is 131 Å². The van der Waals surface area contributed by atoms with E-state index in [4.69, 9.17) is 73.7 Å². The molecule has 6 aromatic heterocycles. The van der Waals surface area contributed by atoms with Gasteiger partial charge in [-0.25, -0.2) is 51.6 Å². The summed E-state index contributed by atoms with van der Waals surface area (Å²) >= 11 is 0. The number of nitrogens with one attached hydrogen (secondary N) is 6. The van der Waals surface area contributed by atoms with Gasteiger partial charge in [0.2, 0.25) is 0 Å². The summed E-state index contributed by atoms with van der Waals surface area (Å²) in [5.41, 5.74) is -13.5. The van der Waals surface area contributed by atoms with Gasteiger partial charge in [-0.15, -0.1) is 0 Å². The van der Waals surface area contributed by atoms with Crippen LogP contribution >= 0.6 is 39.1 Å². The largest absolute Gasteiger partial charge is 0.472 e. The van der Waals surface area contributed by atoms with Crippen molar-refractivity contribution in [1.29, 1.82) is 0 Å². The molecule has 6 aliphatic heterocycles. The van der Waals surface area contributed by atoms with Crippen LogP contribution in [-0.4, -0.2) is 272 Å². The van der Waals surface area contributed by atoms with Crippen LogP contribution in [0, 0.1) is 0 Å². The Morgan fingerprint density at radius 1 is 0.274 bits per heavy atom. The number of phosphoric acid groups is 5. The molecule has 0 radical (unpaired) electrons. The Bertz CT molecular complexity index is 5680. The van der Waals surface area contributed by atoms with E-state index < -0.39 is 293 Å². The lowest BCUT2D eigenvalue weighted by Gasteiger charge is -2.27. The molecular weight excluding hydrogens is 1710 g/mol. The van der Waals surface area contributed by atoms with Crippen molar-refractivity contribution in [2.75, 3.05) is 39.6 Å². The summed E-state index contributed by atoms with van der Waals surface area (Å²) in [7, 11) is -29.5. The van der Waals surface area contributed by atoms with Crippen LogP contribution in [0.2, 0.25) is 0 Å². The fourth-order valence-corrected chi connectivity index (χ4v) is 17.5. The van der Waals surface area contributed by atoms with E-state index in [-0.39, 0.29) is 0 Å². The molecular formula is C54H67N12O46P5. The molecule has 0 spiro atoms. The molecule has 29 atom stereocenters. The minimum Gasteiger partial charge on any atom is -0.394 e. The molecule has 0 aromatic carbocycles. The van der Waals surface area contributed by atoms with Crippen LogP contribution in [0.15, 0.2) is 131 Å². The highest BCUT2D eigenvalue weighted by atomic mass is 31.2. The molecule has 58 nitrogen and oxygen atoms in total. The molecule has 644 valence electrons. The maximum absolute atomic E-state index is 14.2. The van der Waals surface area contributed by atoms with E-state index in [0.717, 1.165) is 49.1 Å². The topological polar surface area (TPSA) is 825 Å². The second kappa shape index (κ2) is 35.0. The van der Waals surface area contributed by atoms with Gasteiger partial charge in [-0.05, 0) is 0 Å². The molecule has 12 rings (SSSR count). The van der Waals surface area contributed by atoms with Crippen LogP contribution in [0.5, 0.6) is 0 Å². The van der Waals surface area contributed by atoms with E-state index in [0.29, 0.717) is 51.9 Å². The molecule has 6 fully saturated rings. The molecule has 12 heterocycles. The zero-order valence-electron chi connectivity index (χ0n) is 58.2. The fraction of sp³-hybridized carbons (Fsp3) is 0.556. The minimum atomic E-state index is -6.08. The van der Waals surface area contributed by atoms with Crippen molar-refractivity contribution in [2.45, 2.75) is 147 Å². The first-order chi connectivity index (χ1) is 54.9. The van der Waals surface area contributed by atoms with E-state index in [2.05, 4.69) is 0 Å². The quantitative estimate of drug-likeness (QED) is 0.0174. The summed E-state index contributed by atoms with van der Waals surface area (Å²) in [6.45, 7) is -8.21. The molecule has 117 heavy (non-hydrogen) atoms. The first kappa shape index (κ1) is 88.4. The van der Waals surface area contributed by atoms with Crippen LogP contribution in [0.25, 0.3) is 0 Å². The standard InChI is InChI=1S/C54H67N12O46P5/c67-13-19-38(33(76)44(102-19)62-8-2-26(69)56-50(62)82)108-114(89,90)98-15-21-40(35(78)46(104-21)64-10-4-28(71)58-52(64)84)110-116(93,94)100-17-23-42(37(80)48(106-23)66-12-6-30(73)60-54(66)86)112-117(95,96)101-18-24-41(36(79)47(107-24)65-11-5-29(72)59-53(65)85)111-115(91,92)99-16-22-39(34(77)45(105-22)63-9-3-27(70)57-51(63)83)109-113(87,88)97-14-20-31(74)32(75)43(103-20)61-7-1-25(68)55-49(61)81/h1-12,19-24,31-48,67,74-80H,13-18H2,(H,87,88)(H,89,90)(H,91,92)(H,93,94)(H,95,96)(H,55,68,81)(H,56,69,82)(H,57,70,83)(H,58,71,84)(H,59,72,85)(H,60,73,86)/t19-,20-,21-,22-,23-,24-,31-,32-,33-,34-,35-,36-,37-,38-,39-,40-,41-,42-,43-,44-,45-,46-,47-,48-/m1/s1. The maximum atomic E-state index is 14.2. The number of hydrogen-bond acceptors (Lipinski definition) is 41. The third-order valence-corrected chi connectivity index (χ3v) is 23.0. The van der Waals surface area contributed by atoms with Crippen LogP contribution in [0.3, 0.4) is 0 Å². The van der Waals surface area contributed by atoms with Crippen molar-refractivity contribution in [3.05, 3.63) is 199 Å². The number of nitrogens with zero attached hydrogens (tertiary/aromatic N) is 6. The van der Waals surface area contributed by atoms with Gasteiger partial charge in [0.15, 0.2) is 37.4 Å². The molecule has 0 bridgehead atoms. The lowest BCUT2D eigenvalue weighted by Crippen LogP contribution is -2.40. The first-order valence-corrected chi connectivity index (χ1v) is 40.9.